The van der Waals surface area contributed by atoms with E-state index < -0.39 is 12.4 Å². The molecule has 4 heteroatoms. The molecule has 0 spiro atoms. The fourth-order valence-electron chi connectivity index (χ4n) is 1.83. The average molecular weight is 201 g/mol. The van der Waals surface area contributed by atoms with E-state index in [1.807, 2.05) is 30.4 Å². The summed E-state index contributed by atoms with van der Waals surface area (Å²) >= 11 is 0. The summed E-state index contributed by atoms with van der Waals surface area (Å²) in [6, 6.07) is 3.65. The second-order valence-corrected chi connectivity index (χ2v) is 3.65. The Morgan fingerprint density at radius 1 is 1.33 bits per heavy atom. The maximum atomic E-state index is 9.52. The maximum absolute atomic E-state index is 9.52. The van der Waals surface area contributed by atoms with Gasteiger partial charge >= 0.3 is 7.12 Å². The van der Waals surface area contributed by atoms with Crippen molar-refractivity contribution < 1.29 is 10.0 Å². The molecule has 1 aromatic heterocycles. The minimum atomic E-state index is -1.41. The molecule has 1 aliphatic carbocycles. The van der Waals surface area contributed by atoms with Crippen molar-refractivity contribution in [2.45, 2.75) is 11.7 Å². The van der Waals surface area contributed by atoms with E-state index in [0.717, 1.165) is 5.56 Å². The van der Waals surface area contributed by atoms with E-state index in [-0.39, 0.29) is 0 Å². The summed E-state index contributed by atoms with van der Waals surface area (Å²) in [5.74, 6) is 0. The first-order chi connectivity index (χ1) is 7.26. The highest BCUT2D eigenvalue weighted by molar-refractivity contribution is 6.46. The van der Waals surface area contributed by atoms with E-state index in [1.54, 1.807) is 18.5 Å². The lowest BCUT2D eigenvalue weighted by molar-refractivity contribution is 0.363. The maximum Gasteiger partial charge on any atom is 0.467 e. The Morgan fingerprint density at radius 3 is 2.73 bits per heavy atom. The smallest absolute Gasteiger partial charge is 0.426 e. The number of nitrogens with zero attached hydrogens (tertiary/aromatic N) is 1. The zero-order chi connectivity index (χ0) is 10.7. The Balaban J connectivity index is 2.44. The van der Waals surface area contributed by atoms with E-state index in [1.165, 1.54) is 0 Å². The van der Waals surface area contributed by atoms with Crippen LogP contribution in [0.1, 0.15) is 12.0 Å². The normalized spacial score (nSPS) is 24.1. The molecular weight excluding hydrogens is 189 g/mol. The summed E-state index contributed by atoms with van der Waals surface area (Å²) in [6.45, 7) is 0. The number of pyridine rings is 1. The van der Waals surface area contributed by atoms with Gasteiger partial charge in [-0.25, -0.2) is 0 Å². The van der Waals surface area contributed by atoms with Gasteiger partial charge in [-0.1, -0.05) is 30.4 Å². The van der Waals surface area contributed by atoms with E-state index in [2.05, 4.69) is 4.98 Å². The van der Waals surface area contributed by atoms with Gasteiger partial charge in [-0.3, -0.25) is 4.98 Å². The summed E-state index contributed by atoms with van der Waals surface area (Å²) in [7, 11) is -1.41. The highest BCUT2D eigenvalue weighted by atomic mass is 16.4. The van der Waals surface area contributed by atoms with Crippen molar-refractivity contribution in [2.75, 3.05) is 0 Å². The zero-order valence-corrected chi connectivity index (χ0v) is 8.24. The van der Waals surface area contributed by atoms with Crippen LogP contribution in [0.4, 0.5) is 0 Å². The van der Waals surface area contributed by atoms with Crippen molar-refractivity contribution in [2.24, 2.45) is 0 Å². The highest BCUT2D eigenvalue weighted by Crippen LogP contribution is 2.33. The molecule has 0 amide bonds. The molecule has 1 heterocycles. The monoisotopic (exact) mass is 201 g/mol. The minimum absolute atomic E-state index is 0.576. The summed E-state index contributed by atoms with van der Waals surface area (Å²) in [4.78, 5) is 4.01. The molecule has 0 aromatic carbocycles. The van der Waals surface area contributed by atoms with Crippen LogP contribution in [0.2, 0.25) is 0 Å². The highest BCUT2D eigenvalue weighted by Gasteiger charge is 2.41. The van der Waals surface area contributed by atoms with Crippen LogP contribution in [-0.4, -0.2) is 22.2 Å². The molecule has 0 saturated heterocycles. The molecule has 0 saturated carbocycles. The fourth-order valence-corrected chi connectivity index (χ4v) is 1.83. The van der Waals surface area contributed by atoms with Crippen LogP contribution in [0, 0.1) is 0 Å². The lowest BCUT2D eigenvalue weighted by Gasteiger charge is -2.30. The molecule has 1 aliphatic rings. The van der Waals surface area contributed by atoms with Crippen molar-refractivity contribution in [3.63, 3.8) is 0 Å². The molecule has 15 heavy (non-hydrogen) atoms. The van der Waals surface area contributed by atoms with Gasteiger partial charge in [0.15, 0.2) is 0 Å². The SMILES string of the molecule is OB(O)C1(c2cccnc2)C=CC=CC1. The molecule has 76 valence electrons. The Hall–Kier alpha value is -1.39. The number of hydrogen-bond acceptors (Lipinski definition) is 3. The topological polar surface area (TPSA) is 53.4 Å². The molecule has 0 radical (unpaired) electrons. The quantitative estimate of drug-likeness (QED) is 0.697. The third-order valence-corrected chi connectivity index (χ3v) is 2.76. The van der Waals surface area contributed by atoms with Crippen LogP contribution < -0.4 is 0 Å². The Morgan fingerprint density at radius 2 is 2.20 bits per heavy atom. The van der Waals surface area contributed by atoms with Crippen molar-refractivity contribution in [3.8, 4) is 0 Å². The van der Waals surface area contributed by atoms with Gasteiger partial charge in [0.2, 0.25) is 0 Å². The van der Waals surface area contributed by atoms with E-state index in [9.17, 15) is 10.0 Å². The van der Waals surface area contributed by atoms with Crippen LogP contribution in [0.3, 0.4) is 0 Å². The van der Waals surface area contributed by atoms with Gasteiger partial charge < -0.3 is 10.0 Å². The Labute approximate surface area is 88.9 Å². The van der Waals surface area contributed by atoms with Crippen molar-refractivity contribution in [1.82, 2.24) is 4.98 Å². The van der Waals surface area contributed by atoms with Gasteiger partial charge in [0.25, 0.3) is 0 Å². The molecule has 0 aliphatic heterocycles. The second kappa shape index (κ2) is 4.00. The summed E-state index contributed by atoms with van der Waals surface area (Å²) < 4.78 is 0. The fraction of sp³-hybridized carbons (Fsp3) is 0.182. The largest absolute Gasteiger partial charge is 0.467 e. The van der Waals surface area contributed by atoms with Crippen molar-refractivity contribution in [1.29, 1.82) is 0 Å². The van der Waals surface area contributed by atoms with Gasteiger partial charge in [0, 0.05) is 12.4 Å². The van der Waals surface area contributed by atoms with Gasteiger partial charge in [-0.05, 0) is 18.1 Å². The molecule has 2 N–H and O–H groups in total. The molecule has 0 bridgehead atoms. The second-order valence-electron chi connectivity index (χ2n) is 3.65. The molecule has 1 atom stereocenters. The van der Waals surface area contributed by atoms with Crippen molar-refractivity contribution >= 4 is 7.12 Å². The van der Waals surface area contributed by atoms with Gasteiger partial charge in [0.1, 0.15) is 0 Å². The molecule has 1 unspecified atom stereocenters. The van der Waals surface area contributed by atoms with E-state index in [4.69, 9.17) is 0 Å². The molecule has 0 fully saturated rings. The third-order valence-electron chi connectivity index (χ3n) is 2.76. The van der Waals surface area contributed by atoms with Gasteiger partial charge in [-0.2, -0.15) is 0 Å². The average Bonchev–Trinajstić information content (AvgIpc) is 2.31. The molecular formula is C11H12BNO2. The molecule has 2 rings (SSSR count). The Kier molecular flexibility index (Phi) is 2.71. The zero-order valence-electron chi connectivity index (χ0n) is 8.24. The van der Waals surface area contributed by atoms with Gasteiger partial charge in [-0.15, -0.1) is 0 Å². The first kappa shape index (κ1) is 10.1. The molecule has 1 aromatic rings. The van der Waals surface area contributed by atoms with E-state index in [0.29, 0.717) is 6.42 Å². The summed E-state index contributed by atoms with van der Waals surface area (Å²) in [5.41, 5.74) is 0.820. The third kappa shape index (κ3) is 1.74. The number of rotatable bonds is 2. The number of hydrogen-bond donors (Lipinski definition) is 2. The minimum Gasteiger partial charge on any atom is -0.426 e. The summed E-state index contributed by atoms with van der Waals surface area (Å²) in [6.07, 6.45) is 11.4. The number of allylic oxidation sites excluding steroid dienone is 4. The van der Waals surface area contributed by atoms with Gasteiger partial charge in [0.05, 0.1) is 5.31 Å². The number of aromatic nitrogens is 1. The predicted molar refractivity (Wildman–Crippen MR) is 59.0 cm³/mol. The first-order valence-electron chi connectivity index (χ1n) is 4.87. The van der Waals surface area contributed by atoms with Crippen molar-refractivity contribution in [3.05, 3.63) is 54.4 Å². The lowest BCUT2D eigenvalue weighted by Crippen LogP contribution is -2.42. The predicted octanol–water partition coefficient (Wildman–Crippen LogP) is 0.847. The van der Waals surface area contributed by atoms with Crippen LogP contribution >= 0.6 is 0 Å². The van der Waals surface area contributed by atoms with Crippen LogP contribution in [-0.2, 0) is 5.31 Å². The van der Waals surface area contributed by atoms with Crippen LogP contribution in [0.15, 0.2) is 48.8 Å². The standard InChI is InChI=1S/C11H12BNO2/c14-12(15)11(6-2-1-3-7-11)10-5-4-8-13-9-10/h1-6,8-9,14-15H,7H2. The van der Waals surface area contributed by atoms with E-state index >= 15 is 0 Å². The van der Waals surface area contributed by atoms with Crippen LogP contribution in [0.25, 0.3) is 0 Å². The summed E-state index contributed by atoms with van der Waals surface area (Å²) in [5, 5.41) is 18.3. The first-order valence-corrected chi connectivity index (χ1v) is 4.87. The Bertz CT molecular complexity index is 389. The van der Waals surface area contributed by atoms with Crippen LogP contribution in [0.5, 0.6) is 0 Å². The molecule has 3 nitrogen and oxygen atoms in total. The lowest BCUT2D eigenvalue weighted by atomic mass is 9.52.